The minimum absolute atomic E-state index is 0.0713. The molecule has 2 rings (SSSR count). The Morgan fingerprint density at radius 3 is 2.78 bits per heavy atom. The lowest BCUT2D eigenvalue weighted by Gasteiger charge is -2.10. The molecule has 5 heteroatoms. The second-order valence-electron chi connectivity index (χ2n) is 5.30. The van der Waals surface area contributed by atoms with E-state index in [4.69, 9.17) is 0 Å². The molecular formula is C13H19N3O2. The third-order valence-electron chi connectivity index (χ3n) is 3.36. The van der Waals surface area contributed by atoms with Crippen molar-refractivity contribution < 1.29 is 9.90 Å². The molecule has 0 radical (unpaired) electrons. The Morgan fingerprint density at radius 1 is 1.61 bits per heavy atom. The molecule has 0 bridgehead atoms. The van der Waals surface area contributed by atoms with E-state index >= 15 is 0 Å². The van der Waals surface area contributed by atoms with Crippen LogP contribution in [0.3, 0.4) is 0 Å². The molecule has 18 heavy (non-hydrogen) atoms. The number of nitrogens with one attached hydrogen (secondary N) is 1. The maximum Gasteiger partial charge on any atom is 0.356 e. The SMILES string of the molecule is CC(C)c1ncc(NCC2CC2C)c(C(=O)O)n1. The molecule has 98 valence electrons. The summed E-state index contributed by atoms with van der Waals surface area (Å²) in [7, 11) is 0. The molecule has 1 aromatic heterocycles. The molecular weight excluding hydrogens is 230 g/mol. The molecule has 0 saturated heterocycles. The smallest absolute Gasteiger partial charge is 0.356 e. The normalized spacial score (nSPS) is 22.0. The molecule has 1 fully saturated rings. The van der Waals surface area contributed by atoms with Crippen LogP contribution in [-0.4, -0.2) is 27.6 Å². The van der Waals surface area contributed by atoms with Crippen molar-refractivity contribution in [3.8, 4) is 0 Å². The molecule has 1 aliphatic rings. The van der Waals surface area contributed by atoms with Gasteiger partial charge in [0.2, 0.25) is 0 Å². The quantitative estimate of drug-likeness (QED) is 0.838. The van der Waals surface area contributed by atoms with Gasteiger partial charge in [-0.05, 0) is 18.3 Å². The Labute approximate surface area is 107 Å². The van der Waals surface area contributed by atoms with Gasteiger partial charge in [0.25, 0.3) is 0 Å². The predicted molar refractivity (Wildman–Crippen MR) is 68.8 cm³/mol. The molecule has 0 spiro atoms. The fourth-order valence-corrected chi connectivity index (χ4v) is 1.89. The first-order valence-electron chi connectivity index (χ1n) is 6.33. The van der Waals surface area contributed by atoms with Crippen LogP contribution in [0.2, 0.25) is 0 Å². The summed E-state index contributed by atoms with van der Waals surface area (Å²) in [6, 6.07) is 0. The lowest BCUT2D eigenvalue weighted by molar-refractivity contribution is 0.0691. The number of carboxylic acid groups (broad SMARTS) is 1. The summed E-state index contributed by atoms with van der Waals surface area (Å²) in [6.45, 7) is 6.88. The molecule has 1 aromatic rings. The lowest BCUT2D eigenvalue weighted by atomic mass is 10.2. The van der Waals surface area contributed by atoms with Crippen molar-refractivity contribution in [1.29, 1.82) is 0 Å². The first-order chi connectivity index (χ1) is 8.49. The summed E-state index contributed by atoms with van der Waals surface area (Å²) in [5, 5.41) is 12.3. The molecule has 1 aliphatic carbocycles. The van der Waals surface area contributed by atoms with Crippen molar-refractivity contribution in [3.63, 3.8) is 0 Å². The first-order valence-corrected chi connectivity index (χ1v) is 6.33. The van der Waals surface area contributed by atoms with Gasteiger partial charge in [-0.3, -0.25) is 0 Å². The standard InChI is InChI=1S/C13H19N3O2/c1-7(2)12-15-6-10(11(16-12)13(17)18)14-5-9-4-8(9)3/h6-9,14H,4-5H2,1-3H3,(H,17,18). The average Bonchev–Trinajstić information content (AvgIpc) is 3.02. The van der Waals surface area contributed by atoms with Crippen molar-refractivity contribution in [2.45, 2.75) is 33.1 Å². The summed E-state index contributed by atoms with van der Waals surface area (Å²) in [4.78, 5) is 19.5. The summed E-state index contributed by atoms with van der Waals surface area (Å²) >= 11 is 0. The van der Waals surface area contributed by atoms with Gasteiger partial charge in [-0.25, -0.2) is 14.8 Å². The van der Waals surface area contributed by atoms with E-state index in [9.17, 15) is 9.90 Å². The number of nitrogens with zero attached hydrogens (tertiary/aromatic N) is 2. The van der Waals surface area contributed by atoms with Crippen LogP contribution in [0.1, 0.15) is 49.4 Å². The van der Waals surface area contributed by atoms with Gasteiger partial charge < -0.3 is 10.4 Å². The molecule has 1 heterocycles. The first kappa shape index (κ1) is 12.8. The van der Waals surface area contributed by atoms with Crippen molar-refractivity contribution in [3.05, 3.63) is 17.7 Å². The number of rotatable bonds is 5. The van der Waals surface area contributed by atoms with E-state index in [-0.39, 0.29) is 11.6 Å². The lowest BCUT2D eigenvalue weighted by Crippen LogP contribution is -2.14. The van der Waals surface area contributed by atoms with Crippen LogP contribution >= 0.6 is 0 Å². The van der Waals surface area contributed by atoms with E-state index in [0.717, 1.165) is 12.5 Å². The predicted octanol–water partition coefficient (Wildman–Crippen LogP) is 2.37. The summed E-state index contributed by atoms with van der Waals surface area (Å²) in [5.74, 6) is 1.07. The Bertz CT molecular complexity index is 460. The Kier molecular flexibility index (Phi) is 3.50. The number of hydrogen-bond donors (Lipinski definition) is 2. The van der Waals surface area contributed by atoms with Gasteiger partial charge in [-0.1, -0.05) is 20.8 Å². The summed E-state index contributed by atoms with van der Waals surface area (Å²) in [6.07, 6.45) is 2.79. The highest BCUT2D eigenvalue weighted by Crippen LogP contribution is 2.37. The molecule has 2 unspecified atom stereocenters. The highest BCUT2D eigenvalue weighted by molar-refractivity contribution is 5.91. The van der Waals surface area contributed by atoms with Crippen molar-refractivity contribution >= 4 is 11.7 Å². The molecule has 2 atom stereocenters. The molecule has 0 aromatic carbocycles. The number of hydrogen-bond acceptors (Lipinski definition) is 4. The maximum absolute atomic E-state index is 11.2. The number of anilines is 1. The third-order valence-corrected chi connectivity index (χ3v) is 3.36. The Morgan fingerprint density at radius 2 is 2.28 bits per heavy atom. The van der Waals surface area contributed by atoms with E-state index in [1.54, 1.807) is 6.20 Å². The fourth-order valence-electron chi connectivity index (χ4n) is 1.89. The van der Waals surface area contributed by atoms with Gasteiger partial charge in [0.05, 0.1) is 11.9 Å². The van der Waals surface area contributed by atoms with Crippen LogP contribution in [-0.2, 0) is 0 Å². The van der Waals surface area contributed by atoms with E-state index in [1.807, 2.05) is 13.8 Å². The second kappa shape index (κ2) is 4.92. The third kappa shape index (κ3) is 2.78. The van der Waals surface area contributed by atoms with Gasteiger partial charge >= 0.3 is 5.97 Å². The van der Waals surface area contributed by atoms with Gasteiger partial charge in [-0.15, -0.1) is 0 Å². The van der Waals surface area contributed by atoms with Crippen molar-refractivity contribution in [2.24, 2.45) is 11.8 Å². The molecule has 5 nitrogen and oxygen atoms in total. The van der Waals surface area contributed by atoms with Gasteiger partial charge in [-0.2, -0.15) is 0 Å². The monoisotopic (exact) mass is 249 g/mol. The van der Waals surface area contributed by atoms with Gasteiger partial charge in [0.1, 0.15) is 5.82 Å². The van der Waals surface area contributed by atoms with Crippen LogP contribution in [0.4, 0.5) is 5.69 Å². The van der Waals surface area contributed by atoms with Gasteiger partial charge in [0, 0.05) is 12.5 Å². The molecule has 2 N–H and O–H groups in total. The van der Waals surface area contributed by atoms with Crippen LogP contribution in [0.25, 0.3) is 0 Å². The van der Waals surface area contributed by atoms with E-state index in [0.29, 0.717) is 17.4 Å². The summed E-state index contributed by atoms with van der Waals surface area (Å²) < 4.78 is 0. The number of aromatic carboxylic acids is 1. The maximum atomic E-state index is 11.2. The van der Waals surface area contributed by atoms with E-state index in [1.165, 1.54) is 6.42 Å². The van der Waals surface area contributed by atoms with Crippen molar-refractivity contribution in [2.75, 3.05) is 11.9 Å². The van der Waals surface area contributed by atoms with Crippen LogP contribution < -0.4 is 5.32 Å². The highest BCUT2D eigenvalue weighted by atomic mass is 16.4. The zero-order chi connectivity index (χ0) is 13.3. The zero-order valence-electron chi connectivity index (χ0n) is 11.0. The minimum atomic E-state index is -1.01. The Hall–Kier alpha value is -1.65. The minimum Gasteiger partial charge on any atom is -0.476 e. The van der Waals surface area contributed by atoms with E-state index < -0.39 is 5.97 Å². The van der Waals surface area contributed by atoms with Gasteiger partial charge in [0.15, 0.2) is 5.69 Å². The Balaban J connectivity index is 2.15. The topological polar surface area (TPSA) is 75.1 Å². The average molecular weight is 249 g/mol. The molecule has 0 aliphatic heterocycles. The van der Waals surface area contributed by atoms with Crippen molar-refractivity contribution in [1.82, 2.24) is 9.97 Å². The largest absolute Gasteiger partial charge is 0.476 e. The number of aromatic nitrogens is 2. The highest BCUT2D eigenvalue weighted by Gasteiger charge is 2.32. The number of carboxylic acids is 1. The van der Waals surface area contributed by atoms with Crippen LogP contribution in [0.15, 0.2) is 6.20 Å². The number of carbonyl (C=O) groups is 1. The fraction of sp³-hybridized carbons (Fsp3) is 0.615. The summed E-state index contributed by atoms with van der Waals surface area (Å²) in [5.41, 5.74) is 0.591. The molecule has 1 saturated carbocycles. The van der Waals surface area contributed by atoms with E-state index in [2.05, 4.69) is 22.2 Å². The van der Waals surface area contributed by atoms with Crippen LogP contribution in [0, 0.1) is 11.8 Å². The second-order valence-corrected chi connectivity index (χ2v) is 5.30. The zero-order valence-corrected chi connectivity index (χ0v) is 11.0. The molecule has 0 amide bonds. The van der Waals surface area contributed by atoms with Crippen LogP contribution in [0.5, 0.6) is 0 Å².